The van der Waals surface area contributed by atoms with E-state index < -0.39 is 0 Å². The van der Waals surface area contributed by atoms with Crippen LogP contribution in [0.3, 0.4) is 0 Å². The zero-order chi connectivity index (χ0) is 5.11. The van der Waals surface area contributed by atoms with Crippen molar-refractivity contribution >= 4 is 20.7 Å². The average molecular weight is 106 g/mol. The van der Waals surface area contributed by atoms with E-state index in [1.165, 1.54) is 20.7 Å². The third kappa shape index (κ3) is 1.35. The summed E-state index contributed by atoms with van der Waals surface area (Å²) < 4.78 is 1.46. The van der Waals surface area contributed by atoms with Crippen LogP contribution in [0.4, 0.5) is 0 Å². The third-order valence-corrected chi connectivity index (χ3v) is 1.61. The molecule has 0 saturated carbocycles. The van der Waals surface area contributed by atoms with Gasteiger partial charge in [0.2, 0.25) is 0 Å². The molecule has 0 unspecified atom stereocenters. The Labute approximate surface area is 51.6 Å². The van der Waals surface area contributed by atoms with E-state index in [1.54, 1.807) is 0 Å². The van der Waals surface area contributed by atoms with E-state index >= 15 is 0 Å². The molecule has 0 heterocycles. The van der Waals surface area contributed by atoms with Gasteiger partial charge in [-0.1, -0.05) is 30.3 Å². The lowest BCUT2D eigenvalue weighted by Gasteiger charge is -1.83. The van der Waals surface area contributed by atoms with E-state index in [0.717, 1.165) is 0 Å². The van der Waals surface area contributed by atoms with Crippen molar-refractivity contribution in [2.75, 3.05) is 0 Å². The van der Waals surface area contributed by atoms with Gasteiger partial charge < -0.3 is 0 Å². The van der Waals surface area contributed by atoms with E-state index in [9.17, 15) is 0 Å². The van der Waals surface area contributed by atoms with Crippen LogP contribution in [0.2, 0.25) is 0 Å². The van der Waals surface area contributed by atoms with Gasteiger partial charge in [0.1, 0.15) is 0 Å². The molecular weight excluding hydrogens is 99.0 g/mol. The lowest BCUT2D eigenvalue weighted by molar-refractivity contribution is 1.78. The Hall–Kier alpha value is -0.248. The first kappa shape index (κ1) is 4.90. The molecule has 0 aliphatic rings. The number of hydrogen-bond acceptors (Lipinski definition) is 0. The minimum Gasteiger partial charge on any atom is -0.121 e. The highest BCUT2D eigenvalue weighted by molar-refractivity contribution is 6.32. The second kappa shape index (κ2) is 2.16. The van der Waals surface area contributed by atoms with Crippen molar-refractivity contribution in [1.29, 1.82) is 0 Å². The topological polar surface area (TPSA) is 0 Å². The molecule has 1 aromatic rings. The largest absolute Gasteiger partial charge is 0.258 e. The Morgan fingerprint density at radius 2 is 1.57 bits per heavy atom. The minimum atomic E-state index is 1.17. The van der Waals surface area contributed by atoms with Crippen LogP contribution in [0.1, 0.15) is 0 Å². The highest BCUT2D eigenvalue weighted by Crippen LogP contribution is 1.76. The van der Waals surface area contributed by atoms with E-state index in [0.29, 0.717) is 0 Å². The Kier molecular flexibility index (Phi) is 1.51. The fraction of sp³-hybridized carbons (Fsp3) is 0. The molecule has 0 fully saturated rings. The molecule has 7 heavy (non-hydrogen) atoms. The SMILES string of the molecule is [AlH2][c]1ccccc1. The summed E-state index contributed by atoms with van der Waals surface area (Å²) in [5.41, 5.74) is 0. The summed E-state index contributed by atoms with van der Waals surface area (Å²) >= 11 is 1.17. The van der Waals surface area contributed by atoms with Gasteiger partial charge in [-0.3, -0.25) is 0 Å². The predicted molar refractivity (Wildman–Crippen MR) is 34.6 cm³/mol. The first-order valence-corrected chi connectivity index (χ1v) is 3.41. The molecule has 0 aliphatic carbocycles. The highest BCUT2D eigenvalue weighted by Gasteiger charge is 1.72. The summed E-state index contributed by atoms with van der Waals surface area (Å²) in [5.74, 6) is 0. The molecule has 0 amide bonds. The number of rotatable bonds is 0. The van der Waals surface area contributed by atoms with Gasteiger partial charge in [0.25, 0.3) is 16.3 Å². The molecule has 0 radical (unpaired) electrons. The number of hydrogen-bond donors (Lipinski definition) is 0. The Morgan fingerprint density at radius 1 is 1.00 bits per heavy atom. The Balaban J connectivity index is 3.02. The molecule has 0 bridgehead atoms. The maximum atomic E-state index is 2.15. The molecule has 34 valence electrons. The molecule has 0 atom stereocenters. The van der Waals surface area contributed by atoms with Crippen molar-refractivity contribution in [3.63, 3.8) is 0 Å². The van der Waals surface area contributed by atoms with Gasteiger partial charge in [-0.15, -0.1) is 4.43 Å². The summed E-state index contributed by atoms with van der Waals surface area (Å²) in [6.07, 6.45) is 0. The zero-order valence-corrected chi connectivity index (χ0v) is 6.39. The van der Waals surface area contributed by atoms with Crippen LogP contribution in [0, 0.1) is 0 Å². The molecule has 1 heteroatoms. The molecule has 0 aromatic heterocycles. The van der Waals surface area contributed by atoms with Crippen LogP contribution in [0.5, 0.6) is 0 Å². The molecule has 0 spiro atoms. The molecule has 1 aromatic carbocycles. The monoisotopic (exact) mass is 106 g/mol. The van der Waals surface area contributed by atoms with Crippen molar-refractivity contribution < 1.29 is 0 Å². The summed E-state index contributed by atoms with van der Waals surface area (Å²) in [5, 5.41) is 0. The fourth-order valence-corrected chi connectivity index (χ4v) is 0.919. The summed E-state index contributed by atoms with van der Waals surface area (Å²) in [6, 6.07) is 10.5. The van der Waals surface area contributed by atoms with E-state index in [2.05, 4.69) is 24.3 Å². The van der Waals surface area contributed by atoms with Crippen LogP contribution in [0.25, 0.3) is 0 Å². The maximum Gasteiger partial charge on any atom is 0.258 e. The molecule has 0 nitrogen and oxygen atoms in total. The Morgan fingerprint density at radius 3 is 1.86 bits per heavy atom. The van der Waals surface area contributed by atoms with E-state index in [-0.39, 0.29) is 0 Å². The molecule has 1 rings (SSSR count). The van der Waals surface area contributed by atoms with Crippen molar-refractivity contribution in [1.82, 2.24) is 0 Å². The van der Waals surface area contributed by atoms with Crippen molar-refractivity contribution in [2.24, 2.45) is 0 Å². The summed E-state index contributed by atoms with van der Waals surface area (Å²) in [4.78, 5) is 0. The van der Waals surface area contributed by atoms with Crippen LogP contribution in [-0.2, 0) is 0 Å². The minimum absolute atomic E-state index is 1.17. The first-order chi connectivity index (χ1) is 3.39. The van der Waals surface area contributed by atoms with Gasteiger partial charge >= 0.3 is 0 Å². The molecular formula is C6H7Al. The standard InChI is InChI=1S/C6H5.Al.2H/c1-2-4-6-5-3-1;;;/h1-5H;;;. The smallest absolute Gasteiger partial charge is 0.121 e. The molecule has 0 saturated heterocycles. The van der Waals surface area contributed by atoms with Gasteiger partial charge in [-0.25, -0.2) is 0 Å². The van der Waals surface area contributed by atoms with Crippen molar-refractivity contribution in [3.8, 4) is 0 Å². The highest BCUT2D eigenvalue weighted by atomic mass is 27.0. The van der Waals surface area contributed by atoms with Gasteiger partial charge in [0.15, 0.2) is 0 Å². The second-order valence-electron chi connectivity index (χ2n) is 1.65. The van der Waals surface area contributed by atoms with Crippen LogP contribution in [0.15, 0.2) is 30.3 Å². The Bertz CT molecular complexity index is 134. The second-order valence-corrected chi connectivity index (χ2v) is 2.81. The lowest BCUT2D eigenvalue weighted by atomic mass is 10.4. The molecule has 0 N–H and O–H groups in total. The first-order valence-electron chi connectivity index (χ1n) is 2.41. The van der Waals surface area contributed by atoms with Crippen molar-refractivity contribution in [2.45, 2.75) is 0 Å². The fourth-order valence-electron chi connectivity index (χ4n) is 0.534. The van der Waals surface area contributed by atoms with Crippen LogP contribution < -0.4 is 4.43 Å². The normalized spacial score (nSPS) is 8.57. The van der Waals surface area contributed by atoms with Crippen LogP contribution >= 0.6 is 0 Å². The van der Waals surface area contributed by atoms with Gasteiger partial charge in [0, 0.05) is 0 Å². The van der Waals surface area contributed by atoms with Crippen LogP contribution in [-0.4, -0.2) is 16.3 Å². The number of benzene rings is 1. The average Bonchev–Trinajstić information content (AvgIpc) is 1.69. The summed E-state index contributed by atoms with van der Waals surface area (Å²) in [7, 11) is 0. The van der Waals surface area contributed by atoms with E-state index in [1.807, 2.05) is 6.07 Å². The quantitative estimate of drug-likeness (QED) is 0.407. The van der Waals surface area contributed by atoms with Crippen molar-refractivity contribution in [3.05, 3.63) is 30.3 Å². The van der Waals surface area contributed by atoms with Gasteiger partial charge in [0.05, 0.1) is 0 Å². The van der Waals surface area contributed by atoms with E-state index in [4.69, 9.17) is 0 Å². The third-order valence-electron chi connectivity index (χ3n) is 0.940. The zero-order valence-electron chi connectivity index (χ0n) is 4.39. The lowest BCUT2D eigenvalue weighted by Crippen LogP contribution is -1.97. The predicted octanol–water partition coefficient (Wildman–Crippen LogP) is -0.0550. The molecule has 0 aliphatic heterocycles. The van der Waals surface area contributed by atoms with Gasteiger partial charge in [-0.2, -0.15) is 0 Å². The maximum absolute atomic E-state index is 2.15. The summed E-state index contributed by atoms with van der Waals surface area (Å²) in [6.45, 7) is 0. The van der Waals surface area contributed by atoms with Gasteiger partial charge in [-0.05, 0) is 0 Å².